The van der Waals surface area contributed by atoms with E-state index in [4.69, 9.17) is 4.52 Å². The number of aromatic nitrogens is 2. The van der Waals surface area contributed by atoms with Crippen molar-refractivity contribution in [2.24, 2.45) is 0 Å². The monoisotopic (exact) mass is 257 g/mol. The normalized spacial score (nSPS) is 18.8. The van der Waals surface area contributed by atoms with E-state index < -0.39 is 0 Å². The minimum Gasteiger partial charge on any atom is -0.338 e. The van der Waals surface area contributed by atoms with Crippen LogP contribution in [-0.4, -0.2) is 16.7 Å². The summed E-state index contributed by atoms with van der Waals surface area (Å²) in [4.78, 5) is 4.48. The molecule has 0 spiro atoms. The van der Waals surface area contributed by atoms with Crippen LogP contribution in [0.15, 0.2) is 34.9 Å². The molecule has 100 valence electrons. The van der Waals surface area contributed by atoms with Crippen molar-refractivity contribution in [2.45, 2.75) is 38.1 Å². The van der Waals surface area contributed by atoms with E-state index in [1.54, 1.807) is 0 Å². The van der Waals surface area contributed by atoms with Gasteiger partial charge in [-0.1, -0.05) is 35.5 Å². The van der Waals surface area contributed by atoms with E-state index in [9.17, 15) is 0 Å². The Hall–Kier alpha value is -1.68. The molecule has 1 N–H and O–H groups in total. The largest absolute Gasteiger partial charge is 0.338 e. The Kier molecular flexibility index (Phi) is 3.89. The Morgan fingerprint density at radius 1 is 1.21 bits per heavy atom. The maximum Gasteiger partial charge on any atom is 0.243 e. The Bertz CT molecular complexity index is 503. The lowest BCUT2D eigenvalue weighted by atomic mass is 10.1. The predicted molar refractivity (Wildman–Crippen MR) is 72.7 cm³/mol. The topological polar surface area (TPSA) is 51.0 Å². The molecule has 3 rings (SSSR count). The van der Waals surface area contributed by atoms with Crippen molar-refractivity contribution < 1.29 is 4.52 Å². The molecular formula is C15H19N3O. The van der Waals surface area contributed by atoms with Gasteiger partial charge in [0.1, 0.15) is 0 Å². The van der Waals surface area contributed by atoms with Crippen LogP contribution in [0.2, 0.25) is 0 Å². The summed E-state index contributed by atoms with van der Waals surface area (Å²) in [6, 6.07) is 10.8. The molecule has 1 saturated heterocycles. The van der Waals surface area contributed by atoms with E-state index in [2.05, 4.69) is 39.7 Å². The molecule has 4 heteroatoms. The first-order valence-corrected chi connectivity index (χ1v) is 7.01. The van der Waals surface area contributed by atoms with Gasteiger partial charge >= 0.3 is 0 Å². The highest BCUT2D eigenvalue weighted by Crippen LogP contribution is 2.21. The van der Waals surface area contributed by atoms with E-state index in [1.807, 2.05) is 6.07 Å². The number of benzene rings is 1. The number of hydrogen-bond acceptors (Lipinski definition) is 4. The number of aryl methyl sites for hydroxylation is 2. The minimum atomic E-state index is 0.273. The van der Waals surface area contributed by atoms with Crippen LogP contribution in [0.4, 0.5) is 0 Å². The number of nitrogens with zero attached hydrogens (tertiary/aromatic N) is 2. The standard InChI is InChI=1S/C15H19N3O/c1-2-6-12(7-3-1)8-4-10-14-17-15(19-18-14)13-9-5-11-16-13/h1-3,6-7,13,16H,4-5,8-11H2/t13-/m0/s1. The highest BCUT2D eigenvalue weighted by molar-refractivity contribution is 5.14. The highest BCUT2D eigenvalue weighted by Gasteiger charge is 2.21. The third-order valence-corrected chi connectivity index (χ3v) is 3.55. The van der Waals surface area contributed by atoms with Gasteiger partial charge < -0.3 is 9.84 Å². The van der Waals surface area contributed by atoms with Crippen LogP contribution in [0.5, 0.6) is 0 Å². The van der Waals surface area contributed by atoms with Crippen molar-refractivity contribution >= 4 is 0 Å². The average Bonchev–Trinajstić information content (AvgIpc) is 3.10. The molecule has 0 unspecified atom stereocenters. The Morgan fingerprint density at radius 2 is 2.11 bits per heavy atom. The lowest BCUT2D eigenvalue weighted by Gasteiger charge is -2.01. The molecule has 1 aliphatic heterocycles. The molecule has 0 bridgehead atoms. The van der Waals surface area contributed by atoms with E-state index in [0.29, 0.717) is 0 Å². The molecule has 1 aliphatic rings. The average molecular weight is 257 g/mol. The Morgan fingerprint density at radius 3 is 2.89 bits per heavy atom. The SMILES string of the molecule is c1ccc(CCCc2noc([C@@H]3CCCN3)n2)cc1. The summed E-state index contributed by atoms with van der Waals surface area (Å²) in [6.07, 6.45) is 5.29. The second-order valence-electron chi connectivity index (χ2n) is 5.04. The fraction of sp³-hybridized carbons (Fsp3) is 0.467. The van der Waals surface area contributed by atoms with Gasteiger partial charge in [0.25, 0.3) is 0 Å². The van der Waals surface area contributed by atoms with Gasteiger partial charge in [-0.15, -0.1) is 0 Å². The molecule has 0 amide bonds. The van der Waals surface area contributed by atoms with Crippen LogP contribution in [0.1, 0.15) is 42.6 Å². The first-order valence-electron chi connectivity index (χ1n) is 7.01. The fourth-order valence-corrected chi connectivity index (χ4v) is 2.50. The first kappa shape index (κ1) is 12.4. The number of rotatable bonds is 5. The molecule has 4 nitrogen and oxygen atoms in total. The maximum atomic E-state index is 5.33. The van der Waals surface area contributed by atoms with Crippen LogP contribution in [0, 0.1) is 0 Å². The van der Waals surface area contributed by atoms with E-state index >= 15 is 0 Å². The van der Waals surface area contributed by atoms with Gasteiger partial charge in [-0.25, -0.2) is 0 Å². The summed E-state index contributed by atoms with van der Waals surface area (Å²) in [7, 11) is 0. The van der Waals surface area contributed by atoms with Crippen LogP contribution >= 0.6 is 0 Å². The molecule has 0 radical (unpaired) electrons. The number of nitrogens with one attached hydrogen (secondary N) is 1. The summed E-state index contributed by atoms with van der Waals surface area (Å²) < 4.78 is 5.33. The zero-order valence-electron chi connectivity index (χ0n) is 11.0. The van der Waals surface area contributed by atoms with Crippen LogP contribution in [-0.2, 0) is 12.8 Å². The van der Waals surface area contributed by atoms with Crippen molar-refractivity contribution in [3.8, 4) is 0 Å². The minimum absolute atomic E-state index is 0.273. The Balaban J connectivity index is 1.50. The summed E-state index contributed by atoms with van der Waals surface area (Å²) in [5, 5.41) is 7.44. The molecule has 2 heterocycles. The van der Waals surface area contributed by atoms with Gasteiger partial charge in [-0.3, -0.25) is 0 Å². The molecule has 0 saturated carbocycles. The molecular weight excluding hydrogens is 238 g/mol. The first-order chi connectivity index (χ1) is 9.42. The summed E-state index contributed by atoms with van der Waals surface area (Å²) >= 11 is 0. The molecule has 0 aliphatic carbocycles. The summed E-state index contributed by atoms with van der Waals surface area (Å²) in [6.45, 7) is 1.05. The van der Waals surface area contributed by atoms with E-state index in [1.165, 1.54) is 12.0 Å². The molecule has 2 aromatic rings. The third-order valence-electron chi connectivity index (χ3n) is 3.55. The van der Waals surface area contributed by atoms with Gasteiger partial charge in [0.15, 0.2) is 5.82 Å². The van der Waals surface area contributed by atoms with Gasteiger partial charge in [-0.05, 0) is 37.8 Å². The lowest BCUT2D eigenvalue weighted by Crippen LogP contribution is -2.13. The molecule has 1 aromatic heterocycles. The van der Waals surface area contributed by atoms with Crippen molar-refractivity contribution in [1.29, 1.82) is 0 Å². The van der Waals surface area contributed by atoms with Gasteiger partial charge in [0.2, 0.25) is 5.89 Å². The van der Waals surface area contributed by atoms with Crippen molar-refractivity contribution in [3.05, 3.63) is 47.6 Å². The van der Waals surface area contributed by atoms with Crippen LogP contribution < -0.4 is 5.32 Å². The van der Waals surface area contributed by atoms with E-state index in [-0.39, 0.29) is 6.04 Å². The highest BCUT2D eigenvalue weighted by atomic mass is 16.5. The second kappa shape index (κ2) is 5.97. The molecule has 1 atom stereocenters. The summed E-state index contributed by atoms with van der Waals surface area (Å²) in [5.74, 6) is 1.59. The second-order valence-corrected chi connectivity index (χ2v) is 5.04. The zero-order chi connectivity index (χ0) is 12.9. The lowest BCUT2D eigenvalue weighted by molar-refractivity contribution is 0.341. The quantitative estimate of drug-likeness (QED) is 0.894. The Labute approximate surface area is 113 Å². The molecule has 1 fully saturated rings. The third kappa shape index (κ3) is 3.20. The predicted octanol–water partition coefficient (Wildman–Crippen LogP) is 2.67. The van der Waals surface area contributed by atoms with Crippen molar-refractivity contribution in [1.82, 2.24) is 15.5 Å². The number of hydrogen-bond donors (Lipinski definition) is 1. The van der Waals surface area contributed by atoms with Crippen molar-refractivity contribution in [3.63, 3.8) is 0 Å². The van der Waals surface area contributed by atoms with Gasteiger partial charge in [0.05, 0.1) is 6.04 Å². The van der Waals surface area contributed by atoms with Gasteiger partial charge in [-0.2, -0.15) is 4.98 Å². The van der Waals surface area contributed by atoms with Gasteiger partial charge in [0, 0.05) is 6.42 Å². The van der Waals surface area contributed by atoms with Crippen LogP contribution in [0.25, 0.3) is 0 Å². The summed E-state index contributed by atoms with van der Waals surface area (Å²) in [5.41, 5.74) is 1.36. The van der Waals surface area contributed by atoms with E-state index in [0.717, 1.165) is 43.9 Å². The fourth-order valence-electron chi connectivity index (χ4n) is 2.50. The molecule has 19 heavy (non-hydrogen) atoms. The maximum absolute atomic E-state index is 5.33. The van der Waals surface area contributed by atoms with Crippen molar-refractivity contribution in [2.75, 3.05) is 6.54 Å². The van der Waals surface area contributed by atoms with Crippen LogP contribution in [0.3, 0.4) is 0 Å². The smallest absolute Gasteiger partial charge is 0.243 e. The molecule has 1 aromatic carbocycles. The zero-order valence-corrected chi connectivity index (χ0v) is 11.0.